The molecule has 1 aromatic carbocycles. The van der Waals surface area contributed by atoms with Crippen LogP contribution in [0.4, 0.5) is 5.69 Å². The van der Waals surface area contributed by atoms with Crippen LogP contribution in [0.5, 0.6) is 0 Å². The Balaban J connectivity index is 1.93. The molecule has 0 bridgehead atoms. The van der Waals surface area contributed by atoms with Crippen molar-refractivity contribution in [3.8, 4) is 0 Å². The number of hydrogen-bond acceptors (Lipinski definition) is 4. The smallest absolute Gasteiger partial charge is 0.270 e. The molecule has 6 nitrogen and oxygen atoms in total. The molecule has 0 aliphatic carbocycles. The lowest BCUT2D eigenvalue weighted by molar-refractivity contribution is -0.384. The number of nitro benzene ring substituents is 1. The molecule has 0 radical (unpaired) electrons. The second kappa shape index (κ2) is 6.87. The fourth-order valence-corrected chi connectivity index (χ4v) is 2.60. The highest BCUT2D eigenvalue weighted by molar-refractivity contribution is 6.31. The van der Waals surface area contributed by atoms with Gasteiger partial charge in [-0.05, 0) is 31.4 Å². The SMILES string of the molecule is CC(NCc1ccc([N+](=O)[O-])cc1Cl)C(=O)N1CCCC1. The Kier molecular flexibility index (Phi) is 5.14. The van der Waals surface area contributed by atoms with E-state index in [1.165, 1.54) is 12.1 Å². The van der Waals surface area contributed by atoms with Crippen molar-refractivity contribution in [2.24, 2.45) is 0 Å². The highest BCUT2D eigenvalue weighted by atomic mass is 35.5. The summed E-state index contributed by atoms with van der Waals surface area (Å²) in [6.07, 6.45) is 2.12. The Bertz CT molecular complexity index is 544. The number of likely N-dealkylation sites (tertiary alicyclic amines) is 1. The molecule has 21 heavy (non-hydrogen) atoms. The minimum atomic E-state index is -0.484. The van der Waals surface area contributed by atoms with Gasteiger partial charge in [0.25, 0.3) is 5.69 Å². The largest absolute Gasteiger partial charge is 0.341 e. The molecular weight excluding hydrogens is 294 g/mol. The van der Waals surface area contributed by atoms with Gasteiger partial charge < -0.3 is 10.2 Å². The average Bonchev–Trinajstić information content (AvgIpc) is 2.98. The summed E-state index contributed by atoms with van der Waals surface area (Å²) in [6, 6.07) is 4.05. The van der Waals surface area contributed by atoms with Crippen LogP contribution in [0, 0.1) is 10.1 Å². The summed E-state index contributed by atoms with van der Waals surface area (Å²) in [4.78, 5) is 24.2. The van der Waals surface area contributed by atoms with E-state index < -0.39 is 4.92 Å². The topological polar surface area (TPSA) is 75.5 Å². The molecule has 1 saturated heterocycles. The van der Waals surface area contributed by atoms with Gasteiger partial charge in [-0.15, -0.1) is 0 Å². The van der Waals surface area contributed by atoms with Gasteiger partial charge in [0.2, 0.25) is 5.91 Å². The summed E-state index contributed by atoms with van der Waals surface area (Å²) in [6.45, 7) is 3.86. The number of nitrogens with zero attached hydrogens (tertiary/aromatic N) is 2. The van der Waals surface area contributed by atoms with Crippen molar-refractivity contribution < 1.29 is 9.72 Å². The molecule has 1 aliphatic rings. The van der Waals surface area contributed by atoms with Crippen molar-refractivity contribution in [2.75, 3.05) is 13.1 Å². The van der Waals surface area contributed by atoms with Crippen LogP contribution in [0.1, 0.15) is 25.3 Å². The summed E-state index contributed by atoms with van der Waals surface area (Å²) in [5.41, 5.74) is 0.702. The van der Waals surface area contributed by atoms with Gasteiger partial charge in [-0.1, -0.05) is 11.6 Å². The molecular formula is C14H18ClN3O3. The van der Waals surface area contributed by atoms with Gasteiger partial charge >= 0.3 is 0 Å². The Morgan fingerprint density at radius 3 is 2.71 bits per heavy atom. The molecule has 114 valence electrons. The lowest BCUT2D eigenvalue weighted by atomic mass is 10.2. The maximum atomic E-state index is 12.1. The van der Waals surface area contributed by atoms with Crippen LogP contribution in [-0.4, -0.2) is 34.9 Å². The van der Waals surface area contributed by atoms with Crippen LogP contribution < -0.4 is 5.32 Å². The number of rotatable bonds is 5. The normalized spacial score (nSPS) is 16.0. The van der Waals surface area contributed by atoms with Gasteiger partial charge in [0.05, 0.1) is 16.0 Å². The van der Waals surface area contributed by atoms with E-state index in [1.807, 2.05) is 11.8 Å². The van der Waals surface area contributed by atoms with Gasteiger partial charge in [-0.2, -0.15) is 0 Å². The third-order valence-corrected chi connectivity index (χ3v) is 3.99. The Morgan fingerprint density at radius 2 is 2.14 bits per heavy atom. The van der Waals surface area contributed by atoms with Crippen molar-refractivity contribution >= 4 is 23.2 Å². The molecule has 0 spiro atoms. The van der Waals surface area contributed by atoms with E-state index in [1.54, 1.807) is 6.07 Å². The number of carbonyl (C=O) groups excluding carboxylic acids is 1. The number of nitro groups is 1. The molecule has 2 rings (SSSR count). The first-order valence-corrected chi connectivity index (χ1v) is 7.32. The number of non-ortho nitro benzene ring substituents is 1. The number of halogens is 1. The predicted molar refractivity (Wildman–Crippen MR) is 80.2 cm³/mol. The highest BCUT2D eigenvalue weighted by Gasteiger charge is 2.23. The summed E-state index contributed by atoms with van der Waals surface area (Å²) < 4.78 is 0. The van der Waals surface area contributed by atoms with Crippen LogP contribution in [-0.2, 0) is 11.3 Å². The van der Waals surface area contributed by atoms with E-state index >= 15 is 0 Å². The van der Waals surface area contributed by atoms with E-state index in [0.29, 0.717) is 11.6 Å². The first kappa shape index (κ1) is 15.7. The van der Waals surface area contributed by atoms with Crippen LogP contribution in [0.15, 0.2) is 18.2 Å². The maximum absolute atomic E-state index is 12.1. The van der Waals surface area contributed by atoms with Crippen molar-refractivity contribution in [3.05, 3.63) is 38.9 Å². The number of nitrogens with one attached hydrogen (secondary N) is 1. The summed E-state index contributed by atoms with van der Waals surface area (Å²) >= 11 is 6.02. The fraction of sp³-hybridized carbons (Fsp3) is 0.500. The molecule has 7 heteroatoms. The van der Waals surface area contributed by atoms with Gasteiger partial charge in [-0.25, -0.2) is 0 Å². The third kappa shape index (κ3) is 3.92. The van der Waals surface area contributed by atoms with Crippen LogP contribution in [0.3, 0.4) is 0 Å². The van der Waals surface area contributed by atoms with Gasteiger partial charge in [0.1, 0.15) is 0 Å². The monoisotopic (exact) mass is 311 g/mol. The van der Waals surface area contributed by atoms with Gasteiger partial charge in [0.15, 0.2) is 0 Å². The molecule has 1 aromatic rings. The number of amides is 1. The molecule has 1 heterocycles. The minimum Gasteiger partial charge on any atom is -0.341 e. The standard InChI is InChI=1S/C14H18ClN3O3/c1-10(14(19)17-6-2-3-7-17)16-9-11-4-5-12(18(20)21)8-13(11)15/h4-5,8,10,16H,2-3,6-7,9H2,1H3. The maximum Gasteiger partial charge on any atom is 0.270 e. The van der Waals surface area contributed by atoms with Crippen molar-refractivity contribution in [1.29, 1.82) is 0 Å². The fourth-order valence-electron chi connectivity index (χ4n) is 2.35. The summed E-state index contributed by atoms with van der Waals surface area (Å²) in [7, 11) is 0. The summed E-state index contributed by atoms with van der Waals surface area (Å²) in [5.74, 6) is 0.0885. The zero-order valence-corrected chi connectivity index (χ0v) is 12.6. The van der Waals surface area contributed by atoms with Crippen molar-refractivity contribution in [2.45, 2.75) is 32.4 Å². The van der Waals surface area contributed by atoms with Crippen LogP contribution in [0.25, 0.3) is 0 Å². The molecule has 1 amide bonds. The van der Waals surface area contributed by atoms with Crippen molar-refractivity contribution in [3.63, 3.8) is 0 Å². The lowest BCUT2D eigenvalue weighted by Crippen LogP contribution is -2.43. The highest BCUT2D eigenvalue weighted by Crippen LogP contribution is 2.22. The van der Waals surface area contributed by atoms with Gasteiger partial charge in [-0.3, -0.25) is 14.9 Å². The second-order valence-corrected chi connectivity index (χ2v) is 5.58. The first-order chi connectivity index (χ1) is 9.99. The second-order valence-electron chi connectivity index (χ2n) is 5.17. The zero-order chi connectivity index (χ0) is 15.4. The molecule has 1 N–H and O–H groups in total. The molecule has 1 unspecified atom stereocenters. The van der Waals surface area contributed by atoms with Crippen LogP contribution >= 0.6 is 11.6 Å². The molecule has 0 aromatic heterocycles. The lowest BCUT2D eigenvalue weighted by Gasteiger charge is -2.21. The van der Waals surface area contributed by atoms with E-state index in [2.05, 4.69) is 5.32 Å². The third-order valence-electron chi connectivity index (χ3n) is 3.63. The number of benzene rings is 1. The Labute approximate surface area is 128 Å². The molecule has 0 saturated carbocycles. The van der Waals surface area contributed by atoms with Gasteiger partial charge in [0, 0.05) is 31.8 Å². The zero-order valence-electron chi connectivity index (χ0n) is 11.8. The number of carbonyl (C=O) groups is 1. The Morgan fingerprint density at radius 1 is 1.48 bits per heavy atom. The minimum absolute atomic E-state index is 0.0371. The van der Waals surface area contributed by atoms with Crippen LogP contribution in [0.2, 0.25) is 5.02 Å². The van der Waals surface area contributed by atoms with E-state index in [0.717, 1.165) is 31.5 Å². The van der Waals surface area contributed by atoms with Crippen molar-refractivity contribution in [1.82, 2.24) is 10.2 Å². The Hall–Kier alpha value is -1.66. The first-order valence-electron chi connectivity index (χ1n) is 6.94. The predicted octanol–water partition coefficient (Wildman–Crippen LogP) is 2.35. The molecule has 1 atom stereocenters. The molecule has 1 fully saturated rings. The average molecular weight is 312 g/mol. The molecule has 1 aliphatic heterocycles. The van der Waals surface area contributed by atoms with E-state index in [4.69, 9.17) is 11.6 Å². The number of hydrogen-bond donors (Lipinski definition) is 1. The van der Waals surface area contributed by atoms with E-state index in [-0.39, 0.29) is 17.6 Å². The van der Waals surface area contributed by atoms with E-state index in [9.17, 15) is 14.9 Å². The quantitative estimate of drug-likeness (QED) is 0.669. The summed E-state index contributed by atoms with van der Waals surface area (Å²) in [5, 5.41) is 14.1.